The lowest BCUT2D eigenvalue weighted by Crippen LogP contribution is -2.58. The van der Waals surface area contributed by atoms with Crippen LogP contribution in [0.25, 0.3) is 5.03 Å². The molecule has 0 radical (unpaired) electrons. The second-order valence-electron chi connectivity index (χ2n) is 3.39. The molecule has 1 aromatic rings. The van der Waals surface area contributed by atoms with E-state index < -0.39 is 10.2 Å². The first-order valence-electron chi connectivity index (χ1n) is 4.76. The van der Waals surface area contributed by atoms with Crippen LogP contribution in [-0.2, 0) is 0 Å². The molecule has 0 aliphatic heterocycles. The predicted octanol–water partition coefficient (Wildman–Crippen LogP) is -1.51. The van der Waals surface area contributed by atoms with E-state index >= 15 is 0 Å². The summed E-state index contributed by atoms with van der Waals surface area (Å²) in [6, 6.07) is 9.90. The van der Waals surface area contributed by atoms with Gasteiger partial charge in [-0.05, 0) is 5.56 Å². The number of nitrogens with zero attached hydrogens (tertiary/aromatic N) is 1. The van der Waals surface area contributed by atoms with Crippen LogP contribution in [0.5, 0.6) is 0 Å². The highest BCUT2D eigenvalue weighted by Crippen LogP contribution is 2.16. The molecular formula is C11H14Cl2NO4+. The Morgan fingerprint density at radius 2 is 1.67 bits per heavy atom. The monoisotopic (exact) mass is 294 g/mol. The molecule has 1 aromatic carbocycles. The Morgan fingerprint density at radius 1 is 1.22 bits per heavy atom. The third-order valence-electron chi connectivity index (χ3n) is 1.57. The molecule has 0 amide bonds. The quantitative estimate of drug-likeness (QED) is 0.530. The van der Waals surface area contributed by atoms with E-state index in [0.717, 1.165) is 10.6 Å². The van der Waals surface area contributed by atoms with Crippen LogP contribution < -0.4 is 14.0 Å². The third kappa shape index (κ3) is 11.5. The van der Waals surface area contributed by atoms with Crippen molar-refractivity contribution < 1.29 is 33.5 Å². The Labute approximate surface area is 113 Å². The van der Waals surface area contributed by atoms with Gasteiger partial charge in [-0.2, -0.15) is 14.0 Å². The summed E-state index contributed by atoms with van der Waals surface area (Å²) in [5.41, 5.74) is 1.04. The molecule has 0 fully saturated rings. The van der Waals surface area contributed by atoms with Crippen LogP contribution in [0, 0.1) is 10.2 Å². The van der Waals surface area contributed by atoms with Crippen molar-refractivity contribution in [2.75, 3.05) is 14.1 Å². The van der Waals surface area contributed by atoms with Crippen LogP contribution in [0.15, 0.2) is 36.4 Å². The highest BCUT2D eigenvalue weighted by molar-refractivity contribution is 6.49. The van der Waals surface area contributed by atoms with E-state index in [4.69, 9.17) is 30.2 Å². The first-order chi connectivity index (χ1) is 8.20. The van der Waals surface area contributed by atoms with Crippen molar-refractivity contribution in [2.45, 2.75) is 0 Å². The van der Waals surface area contributed by atoms with Crippen LogP contribution in [0.2, 0.25) is 0 Å². The Bertz CT molecular complexity index is 403. The summed E-state index contributed by atoms with van der Waals surface area (Å²) >= 11 is 6.05. The molecule has 0 atom stereocenters. The largest absolute Gasteiger partial charge is 0.241 e. The third-order valence-corrected chi connectivity index (χ3v) is 1.91. The standard InChI is InChI=1S/C11H13ClN.ClHO4/c1-13(2)9-8-11(12)10-6-4-3-5-7-10;2-1(3,4)5/h3-9H,1-2H3;(H,2,3,4,5)/q+1;. The average molecular weight is 295 g/mol. The highest BCUT2D eigenvalue weighted by atomic mass is 35.7. The van der Waals surface area contributed by atoms with Gasteiger partial charge in [-0.1, -0.05) is 41.9 Å². The van der Waals surface area contributed by atoms with E-state index in [9.17, 15) is 0 Å². The zero-order valence-corrected chi connectivity index (χ0v) is 11.4. The van der Waals surface area contributed by atoms with Crippen LogP contribution in [-0.4, -0.2) is 29.5 Å². The van der Waals surface area contributed by atoms with Gasteiger partial charge in [0.1, 0.15) is 14.1 Å². The number of rotatable bonds is 2. The minimum Gasteiger partial charge on any atom is -0.241 e. The number of hydrogen-bond donors (Lipinski definition) is 1. The Hall–Kier alpha value is -0.950. The van der Waals surface area contributed by atoms with Crippen molar-refractivity contribution in [1.29, 1.82) is 0 Å². The molecule has 0 aliphatic carbocycles. The summed E-state index contributed by atoms with van der Waals surface area (Å²) in [6.45, 7) is 0. The summed E-state index contributed by atoms with van der Waals surface area (Å²) in [5, 5.41) is 0.759. The van der Waals surface area contributed by atoms with E-state index in [1.54, 1.807) is 0 Å². The lowest BCUT2D eigenvalue weighted by Gasteiger charge is -2.03. The fraction of sp³-hybridized carbons (Fsp3) is 0.182. The van der Waals surface area contributed by atoms with Crippen molar-refractivity contribution in [3.8, 4) is 0 Å². The van der Waals surface area contributed by atoms with Gasteiger partial charge in [0.2, 0.25) is 0 Å². The molecule has 0 bridgehead atoms. The second-order valence-corrected chi connectivity index (χ2v) is 4.59. The van der Waals surface area contributed by atoms with E-state index in [1.807, 2.05) is 61.3 Å². The fourth-order valence-electron chi connectivity index (χ4n) is 0.908. The number of allylic oxidation sites excluding steroid dienone is 1. The van der Waals surface area contributed by atoms with Crippen molar-refractivity contribution in [2.24, 2.45) is 0 Å². The first kappa shape index (κ1) is 17.1. The van der Waals surface area contributed by atoms with E-state index in [-0.39, 0.29) is 0 Å². The SMILES string of the molecule is C[N+](C)=CC=C(Cl)c1ccccc1.[O-][Cl+3]([O-])([O-])O. The minimum atomic E-state index is -4.69. The summed E-state index contributed by atoms with van der Waals surface area (Å²) < 4.78 is 34.7. The summed E-state index contributed by atoms with van der Waals surface area (Å²) in [6.07, 6.45) is 3.81. The highest BCUT2D eigenvalue weighted by Gasteiger charge is 1.98. The number of hydrogen-bond acceptors (Lipinski definition) is 4. The van der Waals surface area contributed by atoms with Gasteiger partial charge in [-0.15, -0.1) is 0 Å². The van der Waals surface area contributed by atoms with Gasteiger partial charge in [0.25, 0.3) is 0 Å². The predicted molar refractivity (Wildman–Crippen MR) is 60.7 cm³/mol. The Balaban J connectivity index is 0.000000494. The van der Waals surface area contributed by atoms with Crippen molar-refractivity contribution in [3.05, 3.63) is 42.0 Å². The molecule has 0 spiro atoms. The summed E-state index contributed by atoms with van der Waals surface area (Å²) in [4.78, 5) is 0. The van der Waals surface area contributed by atoms with Crippen molar-refractivity contribution in [3.63, 3.8) is 0 Å². The van der Waals surface area contributed by atoms with Gasteiger partial charge in [0, 0.05) is 6.08 Å². The maximum atomic E-state index is 8.60. The molecule has 1 rings (SSSR count). The second kappa shape index (κ2) is 8.20. The molecule has 7 heteroatoms. The molecule has 0 heterocycles. The van der Waals surface area contributed by atoms with Gasteiger partial charge in [0.15, 0.2) is 6.21 Å². The normalized spacial score (nSPS) is 11.4. The van der Waals surface area contributed by atoms with Crippen LogP contribution >= 0.6 is 11.6 Å². The molecule has 0 aliphatic rings. The maximum Gasteiger partial charge on any atom is 0.164 e. The van der Waals surface area contributed by atoms with E-state index in [1.165, 1.54) is 0 Å². The molecular weight excluding hydrogens is 281 g/mol. The first-order valence-corrected chi connectivity index (χ1v) is 6.40. The molecule has 5 nitrogen and oxygen atoms in total. The lowest BCUT2D eigenvalue weighted by atomic mass is 10.2. The maximum absolute atomic E-state index is 8.60. The molecule has 18 heavy (non-hydrogen) atoms. The van der Waals surface area contributed by atoms with Gasteiger partial charge in [0.05, 0.1) is 19.9 Å². The summed E-state index contributed by atoms with van der Waals surface area (Å²) in [5.74, 6) is 0. The molecule has 0 aromatic heterocycles. The fourth-order valence-corrected chi connectivity index (χ4v) is 1.09. The zero-order chi connectivity index (χ0) is 14.2. The molecule has 100 valence electrons. The van der Waals surface area contributed by atoms with Crippen LogP contribution in [0.1, 0.15) is 5.56 Å². The smallest absolute Gasteiger partial charge is 0.164 e. The Morgan fingerprint density at radius 3 is 2.06 bits per heavy atom. The molecule has 0 saturated heterocycles. The number of benzene rings is 1. The Kier molecular flexibility index (Phi) is 7.77. The topological polar surface area (TPSA) is 92.4 Å². The van der Waals surface area contributed by atoms with E-state index in [0.29, 0.717) is 0 Å². The molecule has 1 N–H and O–H groups in total. The summed E-state index contributed by atoms with van der Waals surface area (Å²) in [7, 11) is -0.767. The lowest BCUT2D eigenvalue weighted by molar-refractivity contribution is -1.92. The average Bonchev–Trinajstić information content (AvgIpc) is 2.25. The minimum absolute atomic E-state index is 0.759. The zero-order valence-electron chi connectivity index (χ0n) is 9.92. The molecule has 0 unspecified atom stereocenters. The van der Waals surface area contributed by atoms with Crippen molar-refractivity contribution in [1.82, 2.24) is 0 Å². The van der Waals surface area contributed by atoms with Gasteiger partial charge in [-0.25, -0.2) is 4.58 Å². The molecule has 0 saturated carbocycles. The van der Waals surface area contributed by atoms with E-state index in [2.05, 4.69) is 0 Å². The van der Waals surface area contributed by atoms with Crippen LogP contribution in [0.4, 0.5) is 0 Å². The van der Waals surface area contributed by atoms with Gasteiger partial charge >= 0.3 is 0 Å². The van der Waals surface area contributed by atoms with Gasteiger partial charge in [-0.3, -0.25) is 0 Å². The number of halogens is 2. The van der Waals surface area contributed by atoms with Gasteiger partial charge < -0.3 is 0 Å². The van der Waals surface area contributed by atoms with Crippen molar-refractivity contribution >= 4 is 22.8 Å². The van der Waals surface area contributed by atoms with Crippen LogP contribution in [0.3, 0.4) is 0 Å².